The third-order valence-corrected chi connectivity index (χ3v) is 11.6. The van der Waals surface area contributed by atoms with Crippen molar-refractivity contribution in [3.63, 3.8) is 0 Å². The maximum Gasteiger partial charge on any atom is 0.268 e. The van der Waals surface area contributed by atoms with Crippen molar-refractivity contribution in [2.75, 3.05) is 108 Å². The summed E-state index contributed by atoms with van der Waals surface area (Å²) in [7, 11) is 0. The topological polar surface area (TPSA) is 221 Å². The van der Waals surface area contributed by atoms with Crippen LogP contribution in [0.15, 0.2) is 65.6 Å². The predicted octanol–water partition coefficient (Wildman–Crippen LogP) is 2.45. The minimum Gasteiger partial charge on any atom is -0.382 e. The van der Waals surface area contributed by atoms with Crippen molar-refractivity contribution in [2.45, 2.75) is 42.3 Å². The molecule has 21 heteroatoms. The molecule has 356 valence electrons. The van der Waals surface area contributed by atoms with Crippen LogP contribution in [0.2, 0.25) is 0 Å². The molecule has 2 unspecified atom stereocenters. The smallest absolute Gasteiger partial charge is 0.268 e. The Kier molecular flexibility index (Phi) is 18.9. The van der Waals surface area contributed by atoms with Gasteiger partial charge in [0.05, 0.1) is 90.4 Å². The largest absolute Gasteiger partial charge is 0.382 e. The average molecular weight is 942 g/mol. The summed E-state index contributed by atoms with van der Waals surface area (Å²) in [5.41, 5.74) is -0.745. The fourth-order valence-electron chi connectivity index (χ4n) is 7.27. The first-order valence-corrected chi connectivity index (χ1v) is 22.5. The highest BCUT2D eigenvalue weighted by molar-refractivity contribution is 7.99. The van der Waals surface area contributed by atoms with Crippen LogP contribution in [-0.4, -0.2) is 155 Å². The highest BCUT2D eigenvalue weighted by Gasteiger charge is 2.52. The van der Waals surface area contributed by atoms with Gasteiger partial charge in [-0.25, -0.2) is 8.78 Å². The number of nitrogens with zero attached hydrogens (tertiary/aromatic N) is 2. The van der Waals surface area contributed by atoms with E-state index in [0.717, 1.165) is 21.9 Å². The summed E-state index contributed by atoms with van der Waals surface area (Å²) < 4.78 is 60.3. The standard InChI is InChI=1S/C45H53F2N5O13S/c46-31-26-30(27-32(47)28-31)29-49-43(57)45(59)10-12-51(44(45)58)33-4-6-34(7-5-33)66-25-24-65-23-22-64-21-20-63-19-18-62-17-16-61-15-14-60-13-11-48-36-3-1-2-35-39(36)42(56)52(41(35)55)37-8-9-38(53)50-40(37)54/h1-7,26-28,37,48,59H,8-25,29H2,(H,49,57)(H,50,53,54). The summed E-state index contributed by atoms with van der Waals surface area (Å²) in [6, 6.07) is 13.8. The molecule has 6 amide bonds. The molecule has 0 radical (unpaired) electrons. The van der Waals surface area contributed by atoms with E-state index in [9.17, 15) is 42.7 Å². The maximum atomic E-state index is 13.5. The quantitative estimate of drug-likeness (QED) is 0.0356. The van der Waals surface area contributed by atoms with E-state index < -0.39 is 58.7 Å². The SMILES string of the molecule is O=C1CCC(N2C(=O)c3cccc(NCCOCCOCCOCCOCCOCCOCCSc4ccc(N5CCC(O)(C(=O)NCc6cc(F)cc(F)c6)C5=O)cc4)c3C2=O)C(=O)N1. The molecule has 18 nitrogen and oxygen atoms in total. The molecule has 2 fully saturated rings. The van der Waals surface area contributed by atoms with Crippen LogP contribution in [0, 0.1) is 11.6 Å². The molecule has 3 heterocycles. The summed E-state index contributed by atoms with van der Waals surface area (Å²) in [5.74, 6) is -4.84. The van der Waals surface area contributed by atoms with Gasteiger partial charge in [-0.1, -0.05) is 6.07 Å². The number of carbonyl (C=O) groups excluding carboxylic acids is 6. The minimum absolute atomic E-state index is 0.0511. The Morgan fingerprint density at radius 3 is 1.97 bits per heavy atom. The molecule has 4 N–H and O–H groups in total. The molecule has 0 saturated carbocycles. The Morgan fingerprint density at radius 1 is 0.773 bits per heavy atom. The third-order valence-electron chi connectivity index (χ3n) is 10.6. The molecule has 0 bridgehead atoms. The maximum absolute atomic E-state index is 13.5. The van der Waals surface area contributed by atoms with E-state index >= 15 is 0 Å². The molecule has 3 aromatic carbocycles. The molecule has 0 aliphatic carbocycles. The first-order valence-electron chi connectivity index (χ1n) is 21.5. The van der Waals surface area contributed by atoms with Crippen LogP contribution >= 0.6 is 11.8 Å². The highest BCUT2D eigenvalue weighted by Crippen LogP contribution is 2.33. The first-order chi connectivity index (χ1) is 32.0. The molecular weight excluding hydrogens is 889 g/mol. The number of piperidine rings is 1. The van der Waals surface area contributed by atoms with Crippen LogP contribution in [0.25, 0.3) is 0 Å². The van der Waals surface area contributed by atoms with E-state index in [-0.39, 0.29) is 49.0 Å². The Bertz CT molecular complexity index is 2170. The van der Waals surface area contributed by atoms with E-state index in [2.05, 4.69) is 16.0 Å². The van der Waals surface area contributed by atoms with Gasteiger partial charge in [-0.3, -0.25) is 39.0 Å². The van der Waals surface area contributed by atoms with Crippen LogP contribution in [0.4, 0.5) is 20.2 Å². The molecular formula is C45H53F2N5O13S. The van der Waals surface area contributed by atoms with Crippen LogP contribution < -0.4 is 20.9 Å². The van der Waals surface area contributed by atoms with Gasteiger partial charge in [0.15, 0.2) is 0 Å². The number of benzene rings is 3. The molecule has 2 atom stereocenters. The van der Waals surface area contributed by atoms with Crippen molar-refractivity contribution in [1.29, 1.82) is 0 Å². The number of nitrogens with one attached hydrogen (secondary N) is 3. The molecule has 3 aromatic rings. The second-order valence-electron chi connectivity index (χ2n) is 15.1. The van der Waals surface area contributed by atoms with E-state index in [0.29, 0.717) is 109 Å². The molecule has 3 aliphatic heterocycles. The second kappa shape index (κ2) is 24.9. The Hall–Kier alpha value is -5.39. The van der Waals surface area contributed by atoms with Crippen molar-refractivity contribution in [1.82, 2.24) is 15.5 Å². The van der Waals surface area contributed by atoms with Crippen molar-refractivity contribution >= 4 is 58.6 Å². The van der Waals surface area contributed by atoms with E-state index in [4.69, 9.17) is 28.4 Å². The van der Waals surface area contributed by atoms with Gasteiger partial charge < -0.3 is 49.1 Å². The summed E-state index contributed by atoms with van der Waals surface area (Å²) >= 11 is 1.57. The molecule has 0 spiro atoms. The number of rotatable bonds is 28. The van der Waals surface area contributed by atoms with Gasteiger partial charge in [0.25, 0.3) is 23.6 Å². The van der Waals surface area contributed by atoms with Crippen LogP contribution in [0.5, 0.6) is 0 Å². The Morgan fingerprint density at radius 2 is 1.36 bits per heavy atom. The highest BCUT2D eigenvalue weighted by atomic mass is 32.2. The van der Waals surface area contributed by atoms with Gasteiger partial charge in [-0.2, -0.15) is 0 Å². The minimum atomic E-state index is -2.29. The summed E-state index contributed by atoms with van der Waals surface area (Å²) in [6.07, 6.45) is 0.00749. The summed E-state index contributed by atoms with van der Waals surface area (Å²) in [4.78, 5) is 79.0. The number of amides is 6. The van der Waals surface area contributed by atoms with E-state index in [1.54, 1.807) is 36.0 Å². The normalized spacial score (nSPS) is 18.3. The predicted molar refractivity (Wildman–Crippen MR) is 234 cm³/mol. The fraction of sp³-hybridized carbons (Fsp3) is 0.467. The Labute approximate surface area is 383 Å². The van der Waals surface area contributed by atoms with Crippen LogP contribution in [0.3, 0.4) is 0 Å². The number of fused-ring (bicyclic) bond motifs is 1. The van der Waals surface area contributed by atoms with Gasteiger partial charge in [-0.15, -0.1) is 11.8 Å². The Balaban J connectivity index is 0.702. The van der Waals surface area contributed by atoms with Gasteiger partial charge in [-0.05, 0) is 60.5 Å². The summed E-state index contributed by atoms with van der Waals surface area (Å²) in [6.45, 7) is 5.01. The number of aliphatic hydroxyl groups is 1. The zero-order valence-corrected chi connectivity index (χ0v) is 37.0. The van der Waals surface area contributed by atoms with Crippen LogP contribution in [-0.2, 0) is 54.1 Å². The zero-order valence-electron chi connectivity index (χ0n) is 36.2. The van der Waals surface area contributed by atoms with E-state index in [1.807, 2.05) is 12.1 Å². The number of halogens is 2. The number of hydrogen-bond donors (Lipinski definition) is 4. The number of thioether (sulfide) groups is 1. The summed E-state index contributed by atoms with van der Waals surface area (Å²) in [5, 5.41) is 18.6. The van der Waals surface area contributed by atoms with Gasteiger partial charge in [0.2, 0.25) is 17.4 Å². The van der Waals surface area contributed by atoms with Crippen molar-refractivity contribution in [2.24, 2.45) is 0 Å². The monoisotopic (exact) mass is 941 g/mol. The van der Waals surface area contributed by atoms with Crippen LogP contribution in [0.1, 0.15) is 45.5 Å². The zero-order chi connectivity index (χ0) is 46.9. The number of imide groups is 2. The lowest BCUT2D eigenvalue weighted by Crippen LogP contribution is -2.54. The van der Waals surface area contributed by atoms with E-state index in [1.165, 1.54) is 11.0 Å². The number of anilines is 2. The first kappa shape index (κ1) is 50.0. The van der Waals surface area contributed by atoms with Crippen molar-refractivity contribution < 1.29 is 71.1 Å². The molecule has 2 saturated heterocycles. The molecule has 0 aromatic heterocycles. The van der Waals surface area contributed by atoms with Gasteiger partial charge in [0.1, 0.15) is 17.7 Å². The lowest BCUT2D eigenvalue weighted by molar-refractivity contribution is -0.149. The van der Waals surface area contributed by atoms with Gasteiger partial charge in [0, 0.05) is 60.6 Å². The molecule has 6 rings (SSSR count). The lowest BCUT2D eigenvalue weighted by atomic mass is 10.0. The number of carbonyl (C=O) groups is 6. The van der Waals surface area contributed by atoms with Crippen molar-refractivity contribution in [3.05, 3.63) is 89.0 Å². The number of hydrogen-bond acceptors (Lipinski definition) is 15. The lowest BCUT2D eigenvalue weighted by Gasteiger charge is -2.27. The molecule has 66 heavy (non-hydrogen) atoms. The van der Waals surface area contributed by atoms with Crippen molar-refractivity contribution in [3.8, 4) is 0 Å². The third kappa shape index (κ3) is 13.6. The second-order valence-corrected chi connectivity index (χ2v) is 16.3. The fourth-order valence-corrected chi connectivity index (χ4v) is 8.03. The number of ether oxygens (including phenoxy) is 6. The van der Waals surface area contributed by atoms with Gasteiger partial charge >= 0.3 is 0 Å². The average Bonchev–Trinajstić information content (AvgIpc) is 3.75. The molecule has 3 aliphatic rings.